The molecule has 3 atom stereocenters. The van der Waals surface area contributed by atoms with Gasteiger partial charge < -0.3 is 35.3 Å². The minimum absolute atomic E-state index is 0. The SMILES string of the molecule is CC1CCN(C(=O)O[C@@H]2Cc3ccccc3C2n2cnc(NC(=O)[C@@H](COCc3ccccc3)NC(=O)C(C)(C)N)c2)CC1.Cl.Cl. The summed E-state index contributed by atoms with van der Waals surface area (Å²) in [4.78, 5) is 45.4. The molecular weight excluding hydrogens is 631 g/mol. The summed E-state index contributed by atoms with van der Waals surface area (Å²) < 4.78 is 13.7. The molecule has 46 heavy (non-hydrogen) atoms. The van der Waals surface area contributed by atoms with Crippen molar-refractivity contribution in [2.75, 3.05) is 25.0 Å². The first-order chi connectivity index (χ1) is 21.1. The number of aromatic nitrogens is 2. The van der Waals surface area contributed by atoms with Crippen molar-refractivity contribution in [2.45, 2.75) is 70.4 Å². The maximum absolute atomic E-state index is 13.4. The van der Waals surface area contributed by atoms with E-state index in [1.54, 1.807) is 31.3 Å². The monoisotopic (exact) mass is 674 g/mol. The average Bonchev–Trinajstić information content (AvgIpc) is 3.60. The van der Waals surface area contributed by atoms with Gasteiger partial charge in [0, 0.05) is 25.7 Å². The van der Waals surface area contributed by atoms with E-state index in [9.17, 15) is 14.4 Å². The number of benzene rings is 2. The van der Waals surface area contributed by atoms with Gasteiger partial charge in [0.2, 0.25) is 5.91 Å². The molecule has 5 rings (SSSR count). The molecule has 3 aromatic rings. The molecule has 0 saturated carbocycles. The number of hydrogen-bond acceptors (Lipinski definition) is 7. The summed E-state index contributed by atoms with van der Waals surface area (Å²) in [6.07, 6.45) is 5.12. The zero-order valence-corrected chi connectivity index (χ0v) is 28.0. The summed E-state index contributed by atoms with van der Waals surface area (Å²) in [5.41, 5.74) is 7.87. The summed E-state index contributed by atoms with van der Waals surface area (Å²) in [5.74, 6) is -0.0760. The lowest BCUT2D eigenvalue weighted by atomic mass is 10.00. The Labute approximate surface area is 282 Å². The molecule has 0 bridgehead atoms. The van der Waals surface area contributed by atoms with Gasteiger partial charge in [-0.15, -0.1) is 24.8 Å². The number of hydrogen-bond donors (Lipinski definition) is 3. The van der Waals surface area contributed by atoms with Crippen molar-refractivity contribution in [1.29, 1.82) is 0 Å². The highest BCUT2D eigenvalue weighted by atomic mass is 35.5. The third-order valence-electron chi connectivity index (χ3n) is 8.22. The normalized spacial score (nSPS) is 18.4. The first-order valence-corrected chi connectivity index (χ1v) is 15.2. The number of fused-ring (bicyclic) bond motifs is 1. The Kier molecular flexibility index (Phi) is 13.0. The van der Waals surface area contributed by atoms with Crippen LogP contribution < -0.4 is 16.4 Å². The number of piperidine rings is 1. The number of ether oxygens (including phenoxy) is 2. The van der Waals surface area contributed by atoms with Crippen LogP contribution in [0.2, 0.25) is 0 Å². The number of carbonyl (C=O) groups is 3. The van der Waals surface area contributed by atoms with Gasteiger partial charge in [0.15, 0.2) is 5.82 Å². The largest absolute Gasteiger partial charge is 0.443 e. The predicted octanol–water partition coefficient (Wildman–Crippen LogP) is 4.49. The number of nitrogens with two attached hydrogens (primary N) is 1. The van der Waals surface area contributed by atoms with E-state index in [1.807, 2.05) is 59.2 Å². The van der Waals surface area contributed by atoms with Gasteiger partial charge in [0.05, 0.1) is 31.1 Å². The average molecular weight is 676 g/mol. The van der Waals surface area contributed by atoms with E-state index in [2.05, 4.69) is 22.5 Å². The topological polar surface area (TPSA) is 141 Å². The standard InChI is InChI=1S/C33H42N6O5.2ClH/c1-22-13-15-38(16-14-22)32(42)44-27-17-24-11-7-8-12-25(24)29(27)39-18-28(35-21-39)37-30(40)26(36-31(41)33(2,3)34)20-43-19-23-9-5-4-6-10-23;;/h4-12,18,21-22,26-27,29H,13-17,19-20,34H2,1-3H3,(H,36,41)(H,37,40);2*1H/t26-,27-,29?;;/m1../s1. The van der Waals surface area contributed by atoms with Gasteiger partial charge in [0.1, 0.15) is 12.1 Å². The van der Waals surface area contributed by atoms with E-state index in [-0.39, 0.29) is 50.2 Å². The molecule has 1 aliphatic heterocycles. The molecule has 2 aliphatic rings. The van der Waals surface area contributed by atoms with Crippen molar-refractivity contribution < 1.29 is 23.9 Å². The third kappa shape index (κ3) is 9.22. The summed E-state index contributed by atoms with van der Waals surface area (Å²) in [6, 6.07) is 16.2. The first kappa shape index (κ1) is 36.8. The fraction of sp³-hybridized carbons (Fsp3) is 0.455. The predicted molar refractivity (Wildman–Crippen MR) is 180 cm³/mol. The van der Waals surface area contributed by atoms with Crippen LogP contribution in [-0.4, -0.2) is 69.7 Å². The maximum atomic E-state index is 13.4. The Hall–Kier alpha value is -3.64. The van der Waals surface area contributed by atoms with E-state index in [0.717, 1.165) is 29.5 Å². The molecule has 0 spiro atoms. The quantitative estimate of drug-likeness (QED) is 0.288. The molecule has 1 unspecified atom stereocenters. The van der Waals surface area contributed by atoms with Crippen molar-refractivity contribution in [3.05, 3.63) is 83.8 Å². The zero-order chi connectivity index (χ0) is 31.3. The summed E-state index contributed by atoms with van der Waals surface area (Å²) in [6.45, 7) is 6.94. The van der Waals surface area contributed by atoms with Gasteiger partial charge in [-0.25, -0.2) is 9.78 Å². The molecule has 1 aromatic heterocycles. The number of amides is 3. The van der Waals surface area contributed by atoms with Gasteiger partial charge in [-0.1, -0.05) is 61.5 Å². The zero-order valence-electron chi connectivity index (χ0n) is 26.4. The van der Waals surface area contributed by atoms with Gasteiger partial charge >= 0.3 is 6.09 Å². The summed E-state index contributed by atoms with van der Waals surface area (Å²) in [5, 5.41) is 5.51. The molecule has 4 N–H and O–H groups in total. The number of carbonyl (C=O) groups excluding carboxylic acids is 3. The van der Waals surface area contributed by atoms with Crippen LogP contribution >= 0.6 is 24.8 Å². The van der Waals surface area contributed by atoms with Crippen molar-refractivity contribution in [3.63, 3.8) is 0 Å². The summed E-state index contributed by atoms with van der Waals surface area (Å²) in [7, 11) is 0. The van der Waals surface area contributed by atoms with Gasteiger partial charge in [-0.2, -0.15) is 0 Å². The number of anilines is 1. The van der Waals surface area contributed by atoms with Crippen LogP contribution in [-0.2, 0) is 32.1 Å². The Bertz CT molecular complexity index is 1460. The highest BCUT2D eigenvalue weighted by molar-refractivity contribution is 5.98. The van der Waals surface area contributed by atoms with Crippen molar-refractivity contribution in [2.24, 2.45) is 11.7 Å². The van der Waals surface area contributed by atoms with Crippen LogP contribution in [0.5, 0.6) is 0 Å². The molecule has 1 saturated heterocycles. The summed E-state index contributed by atoms with van der Waals surface area (Å²) >= 11 is 0. The molecule has 2 heterocycles. The second-order valence-electron chi connectivity index (χ2n) is 12.4. The van der Waals surface area contributed by atoms with Crippen molar-refractivity contribution >= 4 is 48.5 Å². The van der Waals surface area contributed by atoms with Crippen LogP contribution in [0.25, 0.3) is 0 Å². The van der Waals surface area contributed by atoms with E-state index < -0.39 is 29.5 Å². The Morgan fingerprint density at radius 2 is 1.72 bits per heavy atom. The maximum Gasteiger partial charge on any atom is 0.410 e. The molecule has 250 valence electrons. The highest BCUT2D eigenvalue weighted by Crippen LogP contribution is 2.37. The highest BCUT2D eigenvalue weighted by Gasteiger charge is 2.38. The van der Waals surface area contributed by atoms with Crippen LogP contribution in [0.4, 0.5) is 10.6 Å². The molecule has 11 nitrogen and oxygen atoms in total. The van der Waals surface area contributed by atoms with Crippen molar-refractivity contribution in [1.82, 2.24) is 19.8 Å². The van der Waals surface area contributed by atoms with Gasteiger partial charge in [-0.3, -0.25) is 9.59 Å². The van der Waals surface area contributed by atoms with E-state index in [0.29, 0.717) is 31.2 Å². The Morgan fingerprint density at radius 3 is 2.41 bits per heavy atom. The smallest absolute Gasteiger partial charge is 0.410 e. The lowest BCUT2D eigenvalue weighted by Gasteiger charge is -2.31. The van der Waals surface area contributed by atoms with Crippen molar-refractivity contribution in [3.8, 4) is 0 Å². The molecule has 1 aliphatic carbocycles. The van der Waals surface area contributed by atoms with Gasteiger partial charge in [0.25, 0.3) is 5.91 Å². The fourth-order valence-electron chi connectivity index (χ4n) is 5.55. The minimum atomic E-state index is -1.19. The number of nitrogens with one attached hydrogen (secondary N) is 2. The van der Waals surface area contributed by atoms with Crippen LogP contribution in [0, 0.1) is 5.92 Å². The van der Waals surface area contributed by atoms with E-state index in [1.165, 1.54) is 0 Å². The van der Waals surface area contributed by atoms with Crippen LogP contribution in [0.3, 0.4) is 0 Å². The van der Waals surface area contributed by atoms with E-state index in [4.69, 9.17) is 15.2 Å². The van der Waals surface area contributed by atoms with Crippen LogP contribution in [0.15, 0.2) is 67.1 Å². The van der Waals surface area contributed by atoms with Crippen LogP contribution in [0.1, 0.15) is 56.3 Å². The lowest BCUT2D eigenvalue weighted by molar-refractivity contribution is -0.130. The lowest BCUT2D eigenvalue weighted by Crippen LogP contribution is -2.56. The Balaban J connectivity index is 0.00000288. The van der Waals surface area contributed by atoms with E-state index >= 15 is 0 Å². The molecule has 1 fully saturated rings. The number of likely N-dealkylation sites (tertiary alicyclic amines) is 1. The minimum Gasteiger partial charge on any atom is -0.443 e. The third-order valence-corrected chi connectivity index (χ3v) is 8.22. The number of nitrogens with zero attached hydrogens (tertiary/aromatic N) is 3. The van der Waals surface area contributed by atoms with Gasteiger partial charge in [-0.05, 0) is 49.3 Å². The molecule has 13 heteroatoms. The molecule has 0 radical (unpaired) electrons. The Morgan fingerprint density at radius 1 is 1.04 bits per heavy atom. The number of imidazole rings is 1. The first-order valence-electron chi connectivity index (χ1n) is 15.2. The second kappa shape index (κ2) is 16.3. The fourth-order valence-corrected chi connectivity index (χ4v) is 5.55. The molecule has 2 aromatic carbocycles. The second-order valence-corrected chi connectivity index (χ2v) is 12.4. The molecular formula is C33H44Cl2N6O5. The number of halogens is 2. The molecule has 3 amide bonds. The number of rotatable bonds is 10.